The van der Waals surface area contributed by atoms with Gasteiger partial charge in [0.25, 0.3) is 5.91 Å². The number of thiazole rings is 1. The molecule has 12 heteroatoms. The second-order valence-corrected chi connectivity index (χ2v) is 13.8. The van der Waals surface area contributed by atoms with E-state index in [0.29, 0.717) is 59.8 Å². The van der Waals surface area contributed by atoms with Crippen LogP contribution in [0.1, 0.15) is 69.6 Å². The van der Waals surface area contributed by atoms with Crippen LogP contribution in [-0.2, 0) is 19.3 Å². The number of aliphatic imine (C=N–C) groups is 1. The molecular weight excluding hydrogens is 659 g/mol. The maximum atomic E-state index is 14.5. The molecule has 0 unspecified atom stereocenters. The number of aryl methyl sites for hydroxylation is 3. The zero-order valence-corrected chi connectivity index (χ0v) is 28.1. The van der Waals surface area contributed by atoms with E-state index in [1.165, 1.54) is 36.6 Å². The van der Waals surface area contributed by atoms with E-state index < -0.39 is 0 Å². The lowest BCUT2D eigenvalue weighted by atomic mass is 9.94. The molecule has 1 saturated heterocycles. The second-order valence-electron chi connectivity index (χ2n) is 12.8. The molecule has 6 aromatic rings. The van der Waals surface area contributed by atoms with Crippen molar-refractivity contribution in [3.05, 3.63) is 106 Å². The van der Waals surface area contributed by atoms with E-state index in [1.807, 2.05) is 23.1 Å². The zero-order chi connectivity index (χ0) is 34.1. The molecule has 250 valence electrons. The van der Waals surface area contributed by atoms with Crippen molar-refractivity contribution in [2.75, 3.05) is 13.7 Å². The molecule has 1 atom stereocenters. The molecule has 0 bridgehead atoms. The van der Waals surface area contributed by atoms with Crippen LogP contribution in [0.4, 0.5) is 14.5 Å². The van der Waals surface area contributed by atoms with Crippen LogP contribution in [0, 0.1) is 18.6 Å². The summed E-state index contributed by atoms with van der Waals surface area (Å²) in [5.41, 5.74) is 8.20. The number of fused-ring (bicyclic) bond motifs is 5. The number of carbonyl (C=O) groups is 1. The highest BCUT2D eigenvalue weighted by Crippen LogP contribution is 2.50. The quantitative estimate of drug-likeness (QED) is 0.167. The van der Waals surface area contributed by atoms with Crippen LogP contribution < -0.4 is 4.74 Å². The molecule has 3 aromatic heterocycles. The number of aromatic nitrogens is 4. The Bertz CT molecular complexity index is 2380. The number of hydrogen-bond acceptors (Lipinski definition) is 9. The topological polar surface area (TPSA) is 107 Å². The van der Waals surface area contributed by atoms with Gasteiger partial charge in [-0.05, 0) is 80.5 Å². The van der Waals surface area contributed by atoms with Gasteiger partial charge < -0.3 is 14.1 Å². The minimum atomic E-state index is -0.383. The summed E-state index contributed by atoms with van der Waals surface area (Å²) in [4.78, 5) is 31.5. The predicted octanol–water partition coefficient (Wildman–Crippen LogP) is 8.15. The average molecular weight is 689 g/mol. The Labute approximate surface area is 289 Å². The highest BCUT2D eigenvalue weighted by atomic mass is 32.1. The summed E-state index contributed by atoms with van der Waals surface area (Å²) in [5, 5.41) is 9.19. The summed E-state index contributed by atoms with van der Waals surface area (Å²) in [5.74, 6) is 0.173. The Morgan fingerprint density at radius 1 is 1.00 bits per heavy atom. The third-order valence-electron chi connectivity index (χ3n) is 9.85. The van der Waals surface area contributed by atoms with Crippen molar-refractivity contribution in [2.45, 2.75) is 51.5 Å². The Hall–Kier alpha value is -5.36. The first kappa shape index (κ1) is 30.7. The van der Waals surface area contributed by atoms with Crippen molar-refractivity contribution >= 4 is 38.9 Å². The molecule has 0 radical (unpaired) electrons. The van der Waals surface area contributed by atoms with Crippen molar-refractivity contribution < 1.29 is 22.7 Å². The summed E-state index contributed by atoms with van der Waals surface area (Å²) in [6.07, 6.45) is 4.12. The summed E-state index contributed by atoms with van der Waals surface area (Å²) in [6, 6.07) is 15.3. The summed E-state index contributed by atoms with van der Waals surface area (Å²) < 4.78 is 40.5. The molecule has 3 aromatic carbocycles. The lowest BCUT2D eigenvalue weighted by Crippen LogP contribution is -2.22. The smallest absolute Gasteiger partial charge is 0.257 e. The van der Waals surface area contributed by atoms with Crippen LogP contribution >= 0.6 is 11.3 Å². The molecule has 1 amide bonds. The number of amides is 1. The lowest BCUT2D eigenvalue weighted by Gasteiger charge is -2.15. The molecule has 1 fully saturated rings. The average Bonchev–Trinajstić information content (AvgIpc) is 3.96. The summed E-state index contributed by atoms with van der Waals surface area (Å²) >= 11 is 1.46. The van der Waals surface area contributed by atoms with Crippen molar-refractivity contribution in [3.63, 3.8) is 0 Å². The van der Waals surface area contributed by atoms with E-state index in [9.17, 15) is 13.6 Å². The number of halogens is 2. The molecule has 3 aliphatic rings. The number of ether oxygens (including phenoxy) is 1. The van der Waals surface area contributed by atoms with Gasteiger partial charge in [-0.25, -0.2) is 13.8 Å². The van der Waals surface area contributed by atoms with Gasteiger partial charge in [-0.1, -0.05) is 18.2 Å². The SMILES string of the molecule is COc1c(F)ccc2c1CCC2=Nc1cccc2nc(-c3c4c(nc(CCc5ccc(F)cc5)c3-c3nnc(C)o3)[C@H]3CCCN3C4=O)sc12. The van der Waals surface area contributed by atoms with Crippen LogP contribution in [0.5, 0.6) is 5.75 Å². The second kappa shape index (κ2) is 11.9. The molecule has 9 rings (SSSR count). The number of hydrogen-bond donors (Lipinski definition) is 0. The number of nitrogens with zero attached hydrogens (tertiary/aromatic N) is 6. The molecule has 2 aliphatic heterocycles. The van der Waals surface area contributed by atoms with E-state index in [0.717, 1.165) is 62.5 Å². The van der Waals surface area contributed by atoms with Crippen molar-refractivity contribution in [2.24, 2.45) is 4.99 Å². The van der Waals surface area contributed by atoms with Crippen LogP contribution in [0.15, 0.2) is 64.0 Å². The normalized spacial score (nSPS) is 17.2. The van der Waals surface area contributed by atoms with Gasteiger partial charge in [0.1, 0.15) is 10.8 Å². The van der Waals surface area contributed by atoms with Crippen molar-refractivity contribution in [1.82, 2.24) is 25.1 Å². The van der Waals surface area contributed by atoms with Crippen LogP contribution in [-0.4, -0.2) is 50.3 Å². The third-order valence-corrected chi connectivity index (χ3v) is 11.0. The molecule has 1 aliphatic carbocycles. The van der Waals surface area contributed by atoms with E-state index in [4.69, 9.17) is 24.1 Å². The fourth-order valence-electron chi connectivity index (χ4n) is 7.59. The number of benzene rings is 3. The molecule has 0 N–H and O–H groups in total. The van der Waals surface area contributed by atoms with Gasteiger partial charge in [0.05, 0.1) is 51.6 Å². The molecule has 5 heterocycles. The number of rotatable bonds is 7. The number of pyridine rings is 1. The van der Waals surface area contributed by atoms with E-state index >= 15 is 0 Å². The van der Waals surface area contributed by atoms with Crippen molar-refractivity contribution in [1.29, 1.82) is 0 Å². The Balaban J connectivity index is 1.23. The Morgan fingerprint density at radius 2 is 1.86 bits per heavy atom. The largest absolute Gasteiger partial charge is 0.493 e. The number of methoxy groups -OCH3 is 1. The molecule has 50 heavy (non-hydrogen) atoms. The number of carbonyl (C=O) groups excluding carboxylic acids is 1. The highest BCUT2D eigenvalue weighted by molar-refractivity contribution is 7.22. The minimum Gasteiger partial charge on any atom is -0.493 e. The summed E-state index contributed by atoms with van der Waals surface area (Å²) in [7, 11) is 1.48. The first-order valence-corrected chi connectivity index (χ1v) is 17.5. The van der Waals surface area contributed by atoms with Gasteiger partial charge in [-0.3, -0.25) is 14.8 Å². The fraction of sp³-hybridized carbons (Fsp3) is 0.263. The molecular formula is C38H30F2N6O3S. The monoisotopic (exact) mass is 688 g/mol. The molecule has 0 spiro atoms. The van der Waals surface area contributed by atoms with Crippen molar-refractivity contribution in [3.8, 4) is 27.8 Å². The van der Waals surface area contributed by atoms with Gasteiger partial charge in [0.15, 0.2) is 11.6 Å². The van der Waals surface area contributed by atoms with Gasteiger partial charge in [0.2, 0.25) is 11.8 Å². The minimum absolute atomic E-state index is 0.0731. The van der Waals surface area contributed by atoms with Gasteiger partial charge in [-0.2, -0.15) is 0 Å². The first-order chi connectivity index (χ1) is 24.4. The van der Waals surface area contributed by atoms with Crippen LogP contribution in [0.2, 0.25) is 0 Å². The maximum Gasteiger partial charge on any atom is 0.257 e. The van der Waals surface area contributed by atoms with Gasteiger partial charge in [-0.15, -0.1) is 21.5 Å². The van der Waals surface area contributed by atoms with Crippen LogP contribution in [0.25, 0.3) is 32.2 Å². The van der Waals surface area contributed by atoms with E-state index in [-0.39, 0.29) is 35.2 Å². The van der Waals surface area contributed by atoms with E-state index in [1.54, 1.807) is 25.1 Å². The van der Waals surface area contributed by atoms with E-state index in [2.05, 4.69) is 10.2 Å². The van der Waals surface area contributed by atoms with Crippen LogP contribution in [0.3, 0.4) is 0 Å². The predicted molar refractivity (Wildman–Crippen MR) is 185 cm³/mol. The van der Waals surface area contributed by atoms with Gasteiger partial charge in [0, 0.05) is 35.9 Å². The zero-order valence-electron chi connectivity index (χ0n) is 27.3. The Kier molecular flexibility index (Phi) is 7.30. The first-order valence-electron chi connectivity index (χ1n) is 16.6. The molecule has 0 saturated carbocycles. The maximum absolute atomic E-state index is 14.5. The standard InChI is InChI=1S/C38H30F2N6O3S/c1-19-44-45-36(49-19)30-26(16-10-20-8-11-21(39)12-9-20)42-33-29-7-4-18-46(29)38(47)32(33)31(30)37-43-28-6-3-5-27(35(28)50-37)41-25-17-14-23-22(25)13-15-24(40)34(23)48-2/h3,5-6,8-9,11-13,15,29H,4,7,10,14,16-18H2,1-2H3/t29-/m1/s1. The lowest BCUT2D eigenvalue weighted by molar-refractivity contribution is 0.0776. The van der Waals surface area contributed by atoms with Gasteiger partial charge >= 0.3 is 0 Å². The fourth-order valence-corrected chi connectivity index (χ4v) is 8.67. The summed E-state index contributed by atoms with van der Waals surface area (Å²) in [6.45, 7) is 2.39. The molecule has 9 nitrogen and oxygen atoms in total. The highest BCUT2D eigenvalue weighted by Gasteiger charge is 2.45. The third kappa shape index (κ3) is 4.92. The Morgan fingerprint density at radius 3 is 2.66 bits per heavy atom.